The monoisotopic (exact) mass is 335 g/mol. The minimum atomic E-state index is -3.64. The maximum Gasteiger partial charge on any atom is 0.213 e. The summed E-state index contributed by atoms with van der Waals surface area (Å²) in [5.74, 6) is 0.309. The number of benzene rings is 1. The summed E-state index contributed by atoms with van der Waals surface area (Å²) >= 11 is 0. The van der Waals surface area contributed by atoms with Crippen LogP contribution in [-0.2, 0) is 15.8 Å². The van der Waals surface area contributed by atoms with Gasteiger partial charge < -0.3 is 4.90 Å². The minimum absolute atomic E-state index is 0.214. The van der Waals surface area contributed by atoms with E-state index in [-0.39, 0.29) is 11.2 Å². The molecule has 1 fully saturated rings. The molecule has 1 aliphatic heterocycles. The molecule has 5 nitrogen and oxygen atoms in total. The van der Waals surface area contributed by atoms with Crippen LogP contribution in [0.2, 0.25) is 0 Å². The van der Waals surface area contributed by atoms with Crippen LogP contribution in [-0.4, -0.2) is 21.5 Å². The molecule has 1 saturated heterocycles. The van der Waals surface area contributed by atoms with Crippen LogP contribution in [0, 0.1) is 22.7 Å². The highest BCUT2D eigenvalue weighted by Gasteiger charge is 2.30. The summed E-state index contributed by atoms with van der Waals surface area (Å²) < 4.78 is 23.1. The number of rotatable bonds is 3. The van der Waals surface area contributed by atoms with E-state index in [9.17, 15) is 8.42 Å². The number of primary sulfonamides is 1. The van der Waals surface area contributed by atoms with E-state index < -0.39 is 10.0 Å². The first kappa shape index (κ1) is 17.8. The third kappa shape index (κ3) is 4.69. The van der Waals surface area contributed by atoms with Gasteiger partial charge in [-0.15, -0.1) is 0 Å². The smallest absolute Gasteiger partial charge is 0.213 e. The van der Waals surface area contributed by atoms with Crippen molar-refractivity contribution in [3.05, 3.63) is 29.3 Å². The van der Waals surface area contributed by atoms with Crippen molar-refractivity contribution in [2.75, 3.05) is 18.0 Å². The highest BCUT2D eigenvalue weighted by Crippen LogP contribution is 2.36. The molecule has 1 aromatic rings. The Bertz CT molecular complexity index is 714. The zero-order valence-electron chi connectivity index (χ0n) is 14.0. The van der Waals surface area contributed by atoms with Gasteiger partial charge in [0.25, 0.3) is 0 Å². The van der Waals surface area contributed by atoms with E-state index in [1.807, 2.05) is 6.07 Å². The van der Waals surface area contributed by atoms with Crippen LogP contribution in [0.4, 0.5) is 5.69 Å². The Balaban J connectivity index is 2.36. The summed E-state index contributed by atoms with van der Waals surface area (Å²) in [6.45, 7) is 8.52. The second-order valence-corrected chi connectivity index (χ2v) is 9.03. The van der Waals surface area contributed by atoms with Crippen molar-refractivity contribution in [2.45, 2.75) is 39.4 Å². The van der Waals surface area contributed by atoms with Crippen molar-refractivity contribution >= 4 is 15.7 Å². The fourth-order valence-electron chi connectivity index (χ4n) is 3.20. The number of piperidine rings is 1. The number of anilines is 1. The molecule has 0 bridgehead atoms. The summed E-state index contributed by atoms with van der Waals surface area (Å²) in [5.41, 5.74) is 2.16. The van der Waals surface area contributed by atoms with E-state index in [2.05, 4.69) is 31.7 Å². The molecular weight excluding hydrogens is 310 g/mol. The van der Waals surface area contributed by atoms with Crippen LogP contribution in [0.5, 0.6) is 0 Å². The molecule has 1 aromatic carbocycles. The van der Waals surface area contributed by atoms with Crippen LogP contribution in [0.15, 0.2) is 18.2 Å². The first-order valence-electron chi connectivity index (χ1n) is 7.88. The van der Waals surface area contributed by atoms with Crippen LogP contribution in [0.25, 0.3) is 0 Å². The predicted octanol–water partition coefficient (Wildman–Crippen LogP) is 2.61. The van der Waals surface area contributed by atoms with Crippen molar-refractivity contribution in [3.8, 4) is 6.07 Å². The molecule has 0 saturated carbocycles. The largest absolute Gasteiger partial charge is 0.371 e. The first-order chi connectivity index (χ1) is 10.6. The second-order valence-electron chi connectivity index (χ2n) is 7.41. The van der Waals surface area contributed by atoms with Gasteiger partial charge in [0.1, 0.15) is 0 Å². The van der Waals surface area contributed by atoms with Gasteiger partial charge in [-0.25, -0.2) is 13.6 Å². The molecule has 0 amide bonds. The summed E-state index contributed by atoms with van der Waals surface area (Å²) in [7, 11) is -3.64. The molecule has 1 aliphatic rings. The van der Waals surface area contributed by atoms with E-state index in [1.165, 1.54) is 6.42 Å². The van der Waals surface area contributed by atoms with E-state index in [4.69, 9.17) is 10.4 Å². The van der Waals surface area contributed by atoms with E-state index >= 15 is 0 Å². The molecular formula is C17H25N3O2S. The quantitative estimate of drug-likeness (QED) is 0.920. The normalized spacial score (nSPS) is 19.4. The molecule has 0 spiro atoms. The fourth-order valence-corrected chi connectivity index (χ4v) is 3.86. The molecule has 1 heterocycles. The van der Waals surface area contributed by atoms with Crippen LogP contribution in [0.3, 0.4) is 0 Å². The molecule has 23 heavy (non-hydrogen) atoms. The molecule has 1 unspecified atom stereocenters. The van der Waals surface area contributed by atoms with Gasteiger partial charge in [-0.05, 0) is 47.9 Å². The average molecular weight is 335 g/mol. The zero-order valence-corrected chi connectivity index (χ0v) is 14.9. The van der Waals surface area contributed by atoms with Gasteiger partial charge in [0, 0.05) is 18.8 Å². The summed E-state index contributed by atoms with van der Waals surface area (Å²) in [5, 5.41) is 14.3. The summed E-state index contributed by atoms with van der Waals surface area (Å²) in [6.07, 6.45) is 2.26. The lowest BCUT2D eigenvalue weighted by atomic mass is 9.76. The predicted molar refractivity (Wildman–Crippen MR) is 92.4 cm³/mol. The number of hydrogen-bond donors (Lipinski definition) is 1. The van der Waals surface area contributed by atoms with Crippen LogP contribution < -0.4 is 10.0 Å². The van der Waals surface area contributed by atoms with Gasteiger partial charge in [0.2, 0.25) is 10.0 Å². The number of nitriles is 1. The highest BCUT2D eigenvalue weighted by atomic mass is 32.2. The van der Waals surface area contributed by atoms with Gasteiger partial charge in [0.05, 0.1) is 17.4 Å². The number of sulfonamides is 1. The zero-order chi connectivity index (χ0) is 17.3. The Morgan fingerprint density at radius 1 is 1.39 bits per heavy atom. The minimum Gasteiger partial charge on any atom is -0.371 e. The van der Waals surface area contributed by atoms with Crippen molar-refractivity contribution < 1.29 is 8.42 Å². The van der Waals surface area contributed by atoms with Gasteiger partial charge in [-0.2, -0.15) is 5.26 Å². The molecule has 2 rings (SSSR count). The van der Waals surface area contributed by atoms with Crippen LogP contribution >= 0.6 is 0 Å². The highest BCUT2D eigenvalue weighted by molar-refractivity contribution is 7.88. The maximum atomic E-state index is 11.5. The molecule has 0 radical (unpaired) electrons. The van der Waals surface area contributed by atoms with Gasteiger partial charge in [-0.3, -0.25) is 0 Å². The number of hydrogen-bond acceptors (Lipinski definition) is 4. The molecule has 1 atom stereocenters. The van der Waals surface area contributed by atoms with Crippen molar-refractivity contribution in [2.24, 2.45) is 16.5 Å². The Kier molecular flexibility index (Phi) is 5.02. The van der Waals surface area contributed by atoms with Crippen molar-refractivity contribution in [1.82, 2.24) is 0 Å². The summed E-state index contributed by atoms with van der Waals surface area (Å²) in [6, 6.07) is 7.29. The lowest BCUT2D eigenvalue weighted by molar-refractivity contribution is 0.208. The second kappa shape index (κ2) is 6.50. The Labute approximate surface area is 139 Å². The topological polar surface area (TPSA) is 87.2 Å². The standard InChI is InChI=1S/C17H25N3O2S/c1-17(2,3)15-5-4-8-20(11-15)16-7-6-13(10-18)9-14(16)12-23(19,21)22/h6-7,9,15H,4-5,8,11-12H2,1-3H3,(H2,19,21,22). The third-order valence-electron chi connectivity index (χ3n) is 4.55. The lowest BCUT2D eigenvalue weighted by Gasteiger charge is -2.41. The lowest BCUT2D eigenvalue weighted by Crippen LogP contribution is -2.41. The molecule has 126 valence electrons. The number of nitrogens with two attached hydrogens (primary N) is 1. The molecule has 0 aromatic heterocycles. The Morgan fingerprint density at radius 2 is 2.09 bits per heavy atom. The van der Waals surface area contributed by atoms with E-state index in [1.54, 1.807) is 12.1 Å². The van der Waals surface area contributed by atoms with Gasteiger partial charge in [-0.1, -0.05) is 20.8 Å². The van der Waals surface area contributed by atoms with E-state index in [0.29, 0.717) is 17.0 Å². The van der Waals surface area contributed by atoms with Crippen LogP contribution in [0.1, 0.15) is 44.7 Å². The molecule has 6 heteroatoms. The van der Waals surface area contributed by atoms with Gasteiger partial charge >= 0.3 is 0 Å². The first-order valence-corrected chi connectivity index (χ1v) is 9.60. The molecule has 0 aliphatic carbocycles. The Hall–Kier alpha value is -1.58. The Morgan fingerprint density at radius 3 is 2.65 bits per heavy atom. The maximum absolute atomic E-state index is 11.5. The average Bonchev–Trinajstić information content (AvgIpc) is 2.44. The SMILES string of the molecule is CC(C)(C)C1CCCN(c2ccc(C#N)cc2CS(N)(=O)=O)C1. The fraction of sp³-hybridized carbons (Fsp3) is 0.588. The summed E-state index contributed by atoms with van der Waals surface area (Å²) in [4.78, 5) is 2.24. The van der Waals surface area contributed by atoms with Crippen molar-refractivity contribution in [1.29, 1.82) is 5.26 Å². The van der Waals surface area contributed by atoms with Gasteiger partial charge in [0.15, 0.2) is 0 Å². The van der Waals surface area contributed by atoms with Crippen molar-refractivity contribution in [3.63, 3.8) is 0 Å². The third-order valence-corrected chi connectivity index (χ3v) is 5.27. The number of nitrogens with zero attached hydrogens (tertiary/aromatic N) is 2. The van der Waals surface area contributed by atoms with E-state index in [0.717, 1.165) is 25.2 Å². The molecule has 2 N–H and O–H groups in total.